The van der Waals surface area contributed by atoms with Crippen molar-refractivity contribution in [3.63, 3.8) is 0 Å². The van der Waals surface area contributed by atoms with Crippen molar-refractivity contribution in [3.05, 3.63) is 17.0 Å². The quantitative estimate of drug-likeness (QED) is 0.726. The van der Waals surface area contributed by atoms with Crippen LogP contribution >= 0.6 is 23.1 Å². The molecule has 0 aromatic carbocycles. The van der Waals surface area contributed by atoms with Crippen LogP contribution in [0.5, 0.6) is 0 Å². The highest BCUT2D eigenvalue weighted by Gasteiger charge is 2.20. The van der Waals surface area contributed by atoms with Gasteiger partial charge in [0.1, 0.15) is 4.21 Å². The molecular weight excluding hydrogens is 312 g/mol. The SMILES string of the molecule is CSC(C)CNS(=O)(=O)c1ccc(CCNC2CC2)s1. The number of thioether (sulfide) groups is 1. The lowest BCUT2D eigenvalue weighted by molar-refractivity contribution is 0.583. The van der Waals surface area contributed by atoms with E-state index < -0.39 is 10.0 Å². The van der Waals surface area contributed by atoms with E-state index in [-0.39, 0.29) is 5.25 Å². The number of thiophene rings is 1. The van der Waals surface area contributed by atoms with Gasteiger partial charge in [-0.3, -0.25) is 0 Å². The molecule has 114 valence electrons. The normalized spacial score (nSPS) is 17.3. The van der Waals surface area contributed by atoms with Gasteiger partial charge in [0, 0.05) is 29.3 Å². The van der Waals surface area contributed by atoms with Gasteiger partial charge in [0.15, 0.2) is 0 Å². The maximum Gasteiger partial charge on any atom is 0.250 e. The Balaban J connectivity index is 1.85. The molecular formula is C13H22N2O2S3. The Morgan fingerprint density at radius 2 is 2.20 bits per heavy atom. The summed E-state index contributed by atoms with van der Waals surface area (Å²) in [6, 6.07) is 4.34. The molecule has 0 spiro atoms. The van der Waals surface area contributed by atoms with Crippen molar-refractivity contribution < 1.29 is 8.42 Å². The Labute approximate surface area is 129 Å². The maximum atomic E-state index is 12.1. The van der Waals surface area contributed by atoms with Gasteiger partial charge in [-0.1, -0.05) is 6.92 Å². The second-order valence-electron chi connectivity index (χ2n) is 5.10. The summed E-state index contributed by atoms with van der Waals surface area (Å²) in [5.74, 6) is 0. The molecule has 20 heavy (non-hydrogen) atoms. The van der Waals surface area contributed by atoms with Crippen LogP contribution in [-0.2, 0) is 16.4 Å². The topological polar surface area (TPSA) is 58.2 Å². The zero-order chi connectivity index (χ0) is 14.6. The van der Waals surface area contributed by atoms with E-state index in [4.69, 9.17) is 0 Å². The van der Waals surface area contributed by atoms with E-state index >= 15 is 0 Å². The fourth-order valence-electron chi connectivity index (χ4n) is 1.71. The van der Waals surface area contributed by atoms with Crippen molar-refractivity contribution in [3.8, 4) is 0 Å². The highest BCUT2D eigenvalue weighted by molar-refractivity contribution is 7.99. The third kappa shape index (κ3) is 5.04. The van der Waals surface area contributed by atoms with E-state index in [1.807, 2.05) is 19.2 Å². The Bertz CT molecular complexity index is 523. The van der Waals surface area contributed by atoms with Gasteiger partial charge in [0.05, 0.1) is 0 Å². The molecule has 0 radical (unpaired) electrons. The van der Waals surface area contributed by atoms with Gasteiger partial charge >= 0.3 is 0 Å². The fraction of sp³-hybridized carbons (Fsp3) is 0.692. The molecule has 2 rings (SSSR count). The van der Waals surface area contributed by atoms with Crippen LogP contribution in [-0.4, -0.2) is 39.1 Å². The van der Waals surface area contributed by atoms with Crippen LogP contribution in [0.2, 0.25) is 0 Å². The lowest BCUT2D eigenvalue weighted by Crippen LogP contribution is -2.28. The third-order valence-electron chi connectivity index (χ3n) is 3.25. The minimum Gasteiger partial charge on any atom is -0.314 e. The molecule has 2 N–H and O–H groups in total. The summed E-state index contributed by atoms with van der Waals surface area (Å²) in [6.45, 7) is 3.41. The van der Waals surface area contributed by atoms with Gasteiger partial charge in [0.2, 0.25) is 10.0 Å². The summed E-state index contributed by atoms with van der Waals surface area (Å²) in [5, 5.41) is 3.72. The van der Waals surface area contributed by atoms with E-state index in [0.29, 0.717) is 16.8 Å². The van der Waals surface area contributed by atoms with Crippen LogP contribution in [0.1, 0.15) is 24.6 Å². The van der Waals surface area contributed by atoms with Gasteiger partial charge in [-0.15, -0.1) is 11.3 Å². The number of rotatable bonds is 9. The Morgan fingerprint density at radius 1 is 1.45 bits per heavy atom. The third-order valence-corrected chi connectivity index (χ3v) is 7.28. The van der Waals surface area contributed by atoms with Crippen LogP contribution in [0, 0.1) is 0 Å². The van der Waals surface area contributed by atoms with E-state index in [1.165, 1.54) is 24.2 Å². The molecule has 7 heteroatoms. The van der Waals surface area contributed by atoms with Crippen LogP contribution in [0.25, 0.3) is 0 Å². The molecule has 0 bridgehead atoms. The molecule has 0 aliphatic heterocycles. The number of hydrogen-bond acceptors (Lipinski definition) is 5. The van der Waals surface area contributed by atoms with Gasteiger partial charge < -0.3 is 5.32 Å². The highest BCUT2D eigenvalue weighted by atomic mass is 32.2. The predicted molar refractivity (Wildman–Crippen MR) is 87.2 cm³/mol. The molecule has 1 aliphatic rings. The van der Waals surface area contributed by atoms with Crippen LogP contribution < -0.4 is 10.0 Å². The monoisotopic (exact) mass is 334 g/mol. The van der Waals surface area contributed by atoms with Gasteiger partial charge in [-0.25, -0.2) is 13.1 Å². The largest absolute Gasteiger partial charge is 0.314 e. The molecule has 1 aliphatic carbocycles. The molecule has 1 aromatic rings. The van der Waals surface area contributed by atoms with Gasteiger partial charge in [-0.2, -0.15) is 11.8 Å². The second-order valence-corrected chi connectivity index (χ2v) is 9.54. The number of hydrogen-bond donors (Lipinski definition) is 2. The van der Waals surface area contributed by atoms with Crippen molar-refractivity contribution in [1.82, 2.24) is 10.0 Å². The summed E-state index contributed by atoms with van der Waals surface area (Å²) in [6.07, 6.45) is 5.44. The highest BCUT2D eigenvalue weighted by Crippen LogP contribution is 2.23. The Kier molecular flexibility index (Phi) is 5.92. The summed E-state index contributed by atoms with van der Waals surface area (Å²) >= 11 is 3.03. The molecule has 0 amide bonds. The van der Waals surface area contributed by atoms with Gasteiger partial charge in [0.25, 0.3) is 0 Å². The molecule has 1 unspecified atom stereocenters. The van der Waals surface area contributed by atoms with E-state index in [0.717, 1.165) is 17.8 Å². The Morgan fingerprint density at radius 3 is 2.85 bits per heavy atom. The maximum absolute atomic E-state index is 12.1. The molecule has 4 nitrogen and oxygen atoms in total. The van der Waals surface area contributed by atoms with Crippen LogP contribution in [0.15, 0.2) is 16.3 Å². The molecule has 1 heterocycles. The van der Waals surface area contributed by atoms with E-state index in [2.05, 4.69) is 10.0 Å². The summed E-state index contributed by atoms with van der Waals surface area (Å²) < 4.78 is 27.4. The van der Waals surface area contributed by atoms with E-state index in [1.54, 1.807) is 17.8 Å². The van der Waals surface area contributed by atoms with E-state index in [9.17, 15) is 8.42 Å². The van der Waals surface area contributed by atoms with Crippen molar-refractivity contribution in [2.45, 2.75) is 41.7 Å². The summed E-state index contributed by atoms with van der Waals surface area (Å²) in [4.78, 5) is 1.12. The first kappa shape index (κ1) is 16.3. The fourth-order valence-corrected chi connectivity index (χ4v) is 4.59. The smallest absolute Gasteiger partial charge is 0.250 e. The second kappa shape index (κ2) is 7.26. The molecule has 1 atom stereocenters. The minimum absolute atomic E-state index is 0.284. The number of sulfonamides is 1. The predicted octanol–water partition coefficient (Wildman–Crippen LogP) is 2.07. The summed E-state index contributed by atoms with van der Waals surface area (Å²) in [7, 11) is -3.34. The average Bonchev–Trinajstić information content (AvgIpc) is 3.11. The molecule has 0 saturated heterocycles. The van der Waals surface area contributed by atoms with Crippen molar-refractivity contribution in [2.24, 2.45) is 0 Å². The standard InChI is InChI=1S/C13H22N2O2S3/c1-10(18-2)9-15-20(16,17)13-6-5-12(19-13)7-8-14-11-3-4-11/h5-6,10-11,14-15H,3-4,7-9H2,1-2H3. The zero-order valence-electron chi connectivity index (χ0n) is 11.9. The molecule has 1 fully saturated rings. The zero-order valence-corrected chi connectivity index (χ0v) is 14.3. The Hall–Kier alpha value is -0.0800. The first-order valence-electron chi connectivity index (χ1n) is 6.86. The lowest BCUT2D eigenvalue weighted by atomic mass is 10.3. The minimum atomic E-state index is -3.34. The first-order chi connectivity index (χ1) is 9.51. The van der Waals surface area contributed by atoms with Crippen molar-refractivity contribution in [2.75, 3.05) is 19.3 Å². The number of nitrogens with one attached hydrogen (secondary N) is 2. The van der Waals surface area contributed by atoms with Crippen molar-refractivity contribution in [1.29, 1.82) is 0 Å². The molecule has 1 aromatic heterocycles. The average molecular weight is 335 g/mol. The van der Waals surface area contributed by atoms with Gasteiger partial charge in [-0.05, 0) is 37.7 Å². The molecule has 1 saturated carbocycles. The summed E-state index contributed by atoms with van der Waals surface area (Å²) in [5.41, 5.74) is 0. The van der Waals surface area contributed by atoms with Crippen molar-refractivity contribution >= 4 is 33.1 Å². The van der Waals surface area contributed by atoms with Crippen LogP contribution in [0.4, 0.5) is 0 Å². The first-order valence-corrected chi connectivity index (χ1v) is 10.4. The lowest BCUT2D eigenvalue weighted by Gasteiger charge is -2.09. The van der Waals surface area contributed by atoms with Crippen LogP contribution in [0.3, 0.4) is 0 Å².